The van der Waals surface area contributed by atoms with E-state index in [1.165, 1.54) is 6.07 Å². The molecular weight excluding hydrogens is 263 g/mol. The summed E-state index contributed by atoms with van der Waals surface area (Å²) in [5, 5.41) is 3.76. The Morgan fingerprint density at radius 3 is 2.79 bits per heavy atom. The summed E-state index contributed by atoms with van der Waals surface area (Å²) in [6.07, 6.45) is 3.30. The predicted molar refractivity (Wildman–Crippen MR) is 79.4 cm³/mol. The zero-order valence-corrected chi connectivity index (χ0v) is 12.4. The predicted octanol–water partition coefficient (Wildman–Crippen LogP) is 4.15. The van der Waals surface area contributed by atoms with Crippen molar-refractivity contribution in [3.8, 4) is 0 Å². The van der Waals surface area contributed by atoms with Gasteiger partial charge in [-0.2, -0.15) is 0 Å². The Kier molecular flexibility index (Phi) is 5.06. The van der Waals surface area contributed by atoms with Gasteiger partial charge >= 0.3 is 0 Å². The summed E-state index contributed by atoms with van der Waals surface area (Å²) < 4.78 is 13.8. The van der Waals surface area contributed by atoms with Gasteiger partial charge in [-0.1, -0.05) is 11.6 Å². The van der Waals surface area contributed by atoms with Gasteiger partial charge in [0.05, 0.1) is 5.69 Å². The molecule has 1 unspecified atom stereocenters. The number of rotatable bonds is 3. The molecule has 19 heavy (non-hydrogen) atoms. The lowest BCUT2D eigenvalue weighted by Crippen LogP contribution is -2.32. The van der Waals surface area contributed by atoms with E-state index in [1.807, 2.05) is 0 Å². The fraction of sp³-hybridized carbons (Fsp3) is 0.600. The molecule has 0 bridgehead atoms. The number of nitrogens with one attached hydrogen (secondary N) is 1. The second-order valence-corrected chi connectivity index (χ2v) is 5.96. The van der Waals surface area contributed by atoms with Crippen molar-refractivity contribution in [3.63, 3.8) is 0 Å². The smallest absolute Gasteiger partial charge is 0.147 e. The lowest BCUT2D eigenvalue weighted by atomic mass is 10.1. The van der Waals surface area contributed by atoms with Crippen molar-refractivity contribution in [3.05, 3.63) is 29.0 Å². The van der Waals surface area contributed by atoms with Crippen LogP contribution in [0.2, 0.25) is 5.02 Å². The minimum atomic E-state index is -0.266. The molecule has 1 heterocycles. The molecule has 0 aromatic heterocycles. The molecule has 0 spiro atoms. The maximum atomic E-state index is 13.8. The van der Waals surface area contributed by atoms with Crippen LogP contribution in [-0.2, 0) is 0 Å². The van der Waals surface area contributed by atoms with Crippen LogP contribution in [0.15, 0.2) is 18.2 Å². The molecule has 1 aromatic rings. The Bertz CT molecular complexity index is 423. The standard InChI is InChI=1S/C15H22ClFN2/c1-11(2)19-8-3-4-13(7-9-19)18-15-6-5-12(16)10-14(15)17/h5-6,10-11,13,18H,3-4,7-9H2,1-2H3. The minimum Gasteiger partial charge on any atom is -0.380 e. The van der Waals surface area contributed by atoms with Crippen molar-refractivity contribution in [2.45, 2.75) is 45.2 Å². The van der Waals surface area contributed by atoms with Gasteiger partial charge in [0, 0.05) is 23.7 Å². The van der Waals surface area contributed by atoms with Crippen LogP contribution in [0.1, 0.15) is 33.1 Å². The number of hydrogen-bond acceptors (Lipinski definition) is 2. The van der Waals surface area contributed by atoms with Crippen LogP contribution in [0, 0.1) is 5.82 Å². The Hall–Kier alpha value is -0.800. The van der Waals surface area contributed by atoms with E-state index in [9.17, 15) is 4.39 Å². The van der Waals surface area contributed by atoms with Gasteiger partial charge in [0.2, 0.25) is 0 Å². The Morgan fingerprint density at radius 2 is 2.11 bits per heavy atom. The van der Waals surface area contributed by atoms with Gasteiger partial charge in [-0.15, -0.1) is 0 Å². The molecule has 0 aliphatic carbocycles. The summed E-state index contributed by atoms with van der Waals surface area (Å²) in [4.78, 5) is 2.49. The number of anilines is 1. The molecule has 106 valence electrons. The number of hydrogen-bond donors (Lipinski definition) is 1. The molecule has 1 atom stereocenters. The summed E-state index contributed by atoms with van der Waals surface area (Å²) in [6.45, 7) is 6.67. The van der Waals surface area contributed by atoms with Crippen molar-refractivity contribution in [2.75, 3.05) is 18.4 Å². The second-order valence-electron chi connectivity index (χ2n) is 5.53. The van der Waals surface area contributed by atoms with Gasteiger partial charge in [0.15, 0.2) is 0 Å². The van der Waals surface area contributed by atoms with Crippen molar-refractivity contribution in [2.24, 2.45) is 0 Å². The molecule has 1 aliphatic heterocycles. The Labute approximate surface area is 119 Å². The lowest BCUT2D eigenvalue weighted by Gasteiger charge is -2.24. The van der Waals surface area contributed by atoms with Crippen molar-refractivity contribution < 1.29 is 4.39 Å². The zero-order valence-electron chi connectivity index (χ0n) is 11.6. The SMILES string of the molecule is CC(C)N1CCCC(Nc2ccc(Cl)cc2F)CC1. The Morgan fingerprint density at radius 1 is 1.32 bits per heavy atom. The minimum absolute atomic E-state index is 0.266. The number of benzene rings is 1. The third kappa shape index (κ3) is 4.08. The van der Waals surface area contributed by atoms with E-state index in [-0.39, 0.29) is 5.82 Å². The molecule has 2 rings (SSSR count). The highest BCUT2D eigenvalue weighted by Crippen LogP contribution is 2.22. The average molecular weight is 285 g/mol. The summed E-state index contributed by atoms with van der Waals surface area (Å²) in [6, 6.07) is 5.75. The molecular formula is C15H22ClFN2. The van der Waals surface area contributed by atoms with Gasteiger partial charge in [-0.05, 0) is 57.9 Å². The lowest BCUT2D eigenvalue weighted by molar-refractivity contribution is 0.230. The number of likely N-dealkylation sites (tertiary alicyclic amines) is 1. The van der Waals surface area contributed by atoms with Gasteiger partial charge < -0.3 is 10.2 Å². The third-order valence-electron chi connectivity index (χ3n) is 3.78. The van der Waals surface area contributed by atoms with E-state index in [0.717, 1.165) is 32.4 Å². The molecule has 1 saturated heterocycles. The third-order valence-corrected chi connectivity index (χ3v) is 4.02. The molecule has 1 fully saturated rings. The molecule has 1 N–H and O–H groups in total. The van der Waals surface area contributed by atoms with E-state index < -0.39 is 0 Å². The van der Waals surface area contributed by atoms with Crippen LogP contribution in [0.4, 0.5) is 10.1 Å². The monoisotopic (exact) mass is 284 g/mol. The first-order chi connectivity index (χ1) is 9.06. The Balaban J connectivity index is 1.96. The van der Waals surface area contributed by atoms with Crippen LogP contribution in [0.5, 0.6) is 0 Å². The molecule has 2 nitrogen and oxygen atoms in total. The van der Waals surface area contributed by atoms with E-state index >= 15 is 0 Å². The fourth-order valence-corrected chi connectivity index (χ4v) is 2.76. The number of nitrogens with zero attached hydrogens (tertiary/aromatic N) is 1. The topological polar surface area (TPSA) is 15.3 Å². The highest BCUT2D eigenvalue weighted by Gasteiger charge is 2.19. The first-order valence-corrected chi connectivity index (χ1v) is 7.39. The van der Waals surface area contributed by atoms with Crippen molar-refractivity contribution >= 4 is 17.3 Å². The van der Waals surface area contributed by atoms with Crippen molar-refractivity contribution in [1.82, 2.24) is 4.90 Å². The normalized spacial score (nSPS) is 21.4. The average Bonchev–Trinajstić information content (AvgIpc) is 2.58. The highest BCUT2D eigenvalue weighted by atomic mass is 35.5. The number of halogens is 2. The summed E-state index contributed by atoms with van der Waals surface area (Å²) >= 11 is 5.77. The molecule has 1 aliphatic rings. The van der Waals surface area contributed by atoms with E-state index in [2.05, 4.69) is 24.1 Å². The summed E-state index contributed by atoms with van der Waals surface area (Å²) in [7, 11) is 0. The summed E-state index contributed by atoms with van der Waals surface area (Å²) in [5.74, 6) is -0.266. The molecule has 0 amide bonds. The molecule has 0 saturated carbocycles. The first kappa shape index (κ1) is 14.6. The van der Waals surface area contributed by atoms with Crippen LogP contribution >= 0.6 is 11.6 Å². The van der Waals surface area contributed by atoms with Gasteiger partial charge in [-0.25, -0.2) is 4.39 Å². The van der Waals surface area contributed by atoms with Gasteiger partial charge in [-0.3, -0.25) is 0 Å². The zero-order chi connectivity index (χ0) is 13.8. The second kappa shape index (κ2) is 6.58. The van der Waals surface area contributed by atoms with Crippen molar-refractivity contribution in [1.29, 1.82) is 0 Å². The molecule has 4 heteroatoms. The maximum absolute atomic E-state index is 13.8. The van der Waals surface area contributed by atoms with E-state index in [1.54, 1.807) is 12.1 Å². The highest BCUT2D eigenvalue weighted by molar-refractivity contribution is 6.30. The fourth-order valence-electron chi connectivity index (χ4n) is 2.61. The van der Waals surface area contributed by atoms with E-state index in [4.69, 9.17) is 11.6 Å². The van der Waals surface area contributed by atoms with Gasteiger partial charge in [0.1, 0.15) is 5.82 Å². The largest absolute Gasteiger partial charge is 0.380 e. The molecule has 1 aromatic carbocycles. The maximum Gasteiger partial charge on any atom is 0.147 e. The molecule has 0 radical (unpaired) electrons. The first-order valence-electron chi connectivity index (χ1n) is 7.02. The van der Waals surface area contributed by atoms with Gasteiger partial charge in [0.25, 0.3) is 0 Å². The van der Waals surface area contributed by atoms with E-state index in [0.29, 0.717) is 22.8 Å². The summed E-state index contributed by atoms with van der Waals surface area (Å²) in [5.41, 5.74) is 0.562. The van der Waals surface area contributed by atoms with Crippen LogP contribution < -0.4 is 5.32 Å². The van der Waals surface area contributed by atoms with Crippen LogP contribution in [0.25, 0.3) is 0 Å². The van der Waals surface area contributed by atoms with Crippen LogP contribution in [0.3, 0.4) is 0 Å². The van der Waals surface area contributed by atoms with Crippen LogP contribution in [-0.4, -0.2) is 30.1 Å². The quantitative estimate of drug-likeness (QED) is 0.897.